The summed E-state index contributed by atoms with van der Waals surface area (Å²) in [7, 11) is 0. The van der Waals surface area contributed by atoms with E-state index >= 15 is 0 Å². The molecule has 178 valence electrons. The van der Waals surface area contributed by atoms with Gasteiger partial charge in [0.25, 0.3) is 17.4 Å². The fraction of sp³-hybridized carbons (Fsp3) is 0.200. The lowest BCUT2D eigenvalue weighted by Crippen LogP contribution is -2.50. The average molecular weight is 509 g/mol. The zero-order valence-corrected chi connectivity index (χ0v) is 20.1. The highest BCUT2D eigenvalue weighted by molar-refractivity contribution is 7.12. The van der Waals surface area contributed by atoms with E-state index in [4.69, 9.17) is 11.6 Å². The summed E-state index contributed by atoms with van der Waals surface area (Å²) < 4.78 is 1.45. The van der Waals surface area contributed by atoms with Crippen LogP contribution in [0.15, 0.2) is 69.6 Å². The molecule has 2 aromatic carbocycles. The number of hydrogen-bond acceptors (Lipinski definition) is 5. The molecule has 2 amide bonds. The molecule has 0 spiro atoms. The van der Waals surface area contributed by atoms with Gasteiger partial charge in [-0.2, -0.15) is 0 Å². The van der Waals surface area contributed by atoms with Crippen molar-refractivity contribution in [2.75, 3.05) is 26.2 Å². The highest BCUT2D eigenvalue weighted by atomic mass is 35.5. The maximum Gasteiger partial charge on any atom is 0.329 e. The number of amides is 2. The van der Waals surface area contributed by atoms with Crippen LogP contribution in [0.1, 0.15) is 25.6 Å². The summed E-state index contributed by atoms with van der Waals surface area (Å²) in [4.78, 5) is 57.0. The number of benzene rings is 2. The minimum Gasteiger partial charge on any atom is -0.335 e. The van der Waals surface area contributed by atoms with Gasteiger partial charge >= 0.3 is 5.69 Å². The van der Waals surface area contributed by atoms with Crippen molar-refractivity contribution in [1.82, 2.24) is 19.4 Å². The summed E-state index contributed by atoms with van der Waals surface area (Å²) >= 11 is 7.43. The number of nitrogens with one attached hydrogen (secondary N) is 1. The summed E-state index contributed by atoms with van der Waals surface area (Å²) in [6.45, 7) is 2.03. The van der Waals surface area contributed by atoms with Crippen LogP contribution in [0.3, 0.4) is 0 Å². The molecule has 1 aliphatic rings. The maximum atomic E-state index is 13.2. The molecule has 1 aliphatic heterocycles. The molecular formula is C25H21ClN4O4S. The van der Waals surface area contributed by atoms with Crippen molar-refractivity contribution in [1.29, 1.82) is 0 Å². The Hall–Kier alpha value is -3.69. The number of thiophene rings is 1. The fourth-order valence-corrected chi connectivity index (χ4v) is 5.12. The normalized spacial score (nSPS) is 13.9. The van der Waals surface area contributed by atoms with Gasteiger partial charge in [-0.1, -0.05) is 29.8 Å². The van der Waals surface area contributed by atoms with E-state index < -0.39 is 11.2 Å². The Labute approximate surface area is 209 Å². The lowest BCUT2D eigenvalue weighted by Gasteiger charge is -2.34. The number of carbonyl (C=O) groups excluding carboxylic acids is 2. The molecule has 2 aromatic heterocycles. The number of carbonyl (C=O) groups is 2. The quantitative estimate of drug-likeness (QED) is 0.458. The van der Waals surface area contributed by atoms with Crippen molar-refractivity contribution in [3.63, 3.8) is 0 Å². The van der Waals surface area contributed by atoms with Gasteiger partial charge in [0.05, 0.1) is 22.3 Å². The van der Waals surface area contributed by atoms with Gasteiger partial charge < -0.3 is 9.80 Å². The molecule has 0 atom stereocenters. The van der Waals surface area contributed by atoms with Crippen LogP contribution >= 0.6 is 22.9 Å². The smallest absolute Gasteiger partial charge is 0.329 e. The van der Waals surface area contributed by atoms with E-state index in [1.54, 1.807) is 40.1 Å². The highest BCUT2D eigenvalue weighted by Crippen LogP contribution is 2.18. The fourth-order valence-electron chi connectivity index (χ4n) is 4.26. The molecule has 1 saturated heterocycles. The first-order valence-electron chi connectivity index (χ1n) is 11.0. The Morgan fingerprint density at radius 1 is 0.914 bits per heavy atom. The van der Waals surface area contributed by atoms with Gasteiger partial charge in [-0.15, -0.1) is 11.3 Å². The van der Waals surface area contributed by atoms with Crippen LogP contribution in [0.25, 0.3) is 10.9 Å². The van der Waals surface area contributed by atoms with Gasteiger partial charge in [0.1, 0.15) is 0 Å². The van der Waals surface area contributed by atoms with Gasteiger partial charge in [-0.3, -0.25) is 23.9 Å². The number of hydrogen-bond donors (Lipinski definition) is 1. The molecule has 0 bridgehead atoms. The Bertz CT molecular complexity index is 1540. The first-order valence-corrected chi connectivity index (χ1v) is 12.3. The van der Waals surface area contributed by atoms with Crippen molar-refractivity contribution < 1.29 is 9.59 Å². The number of rotatable bonds is 4. The molecule has 3 heterocycles. The zero-order chi connectivity index (χ0) is 24.5. The molecule has 0 radical (unpaired) electrons. The second-order valence-corrected chi connectivity index (χ2v) is 9.65. The Morgan fingerprint density at radius 3 is 2.37 bits per heavy atom. The maximum absolute atomic E-state index is 13.2. The number of aromatic amines is 1. The van der Waals surface area contributed by atoms with E-state index in [0.717, 1.165) is 5.56 Å². The molecule has 5 rings (SSSR count). The first-order chi connectivity index (χ1) is 16.9. The molecule has 1 N–H and O–H groups in total. The van der Waals surface area contributed by atoms with E-state index in [-0.39, 0.29) is 18.4 Å². The standard InChI is InChI=1S/C25H21ClN4O4S/c26-18-6-7-20-19(14-18)22(31)27-25(34)30(20)15-16-3-1-4-17(13-16)23(32)28-8-10-29(11-9-28)24(33)21-5-2-12-35-21/h1-7,12-14H,8-11,15H2,(H,27,31,34). The zero-order valence-electron chi connectivity index (χ0n) is 18.6. The summed E-state index contributed by atoms with van der Waals surface area (Å²) in [5.74, 6) is -0.130. The number of aromatic nitrogens is 2. The SMILES string of the molecule is O=C(c1cccc(Cn2c(=O)[nH]c(=O)c3cc(Cl)ccc32)c1)N1CCN(C(=O)c2cccs2)CC1. The van der Waals surface area contributed by atoms with Crippen molar-refractivity contribution in [2.24, 2.45) is 0 Å². The van der Waals surface area contributed by atoms with Crippen molar-refractivity contribution in [3.8, 4) is 0 Å². The van der Waals surface area contributed by atoms with Gasteiger partial charge in [0.15, 0.2) is 0 Å². The van der Waals surface area contributed by atoms with Crippen LogP contribution in [0.2, 0.25) is 5.02 Å². The monoisotopic (exact) mass is 508 g/mol. The van der Waals surface area contributed by atoms with Crippen molar-refractivity contribution in [2.45, 2.75) is 6.54 Å². The lowest BCUT2D eigenvalue weighted by atomic mass is 10.1. The van der Waals surface area contributed by atoms with Gasteiger partial charge in [-0.25, -0.2) is 4.79 Å². The number of nitrogens with zero attached hydrogens (tertiary/aromatic N) is 3. The molecular weight excluding hydrogens is 488 g/mol. The third-order valence-corrected chi connectivity index (χ3v) is 7.15. The molecule has 0 aliphatic carbocycles. The molecule has 10 heteroatoms. The number of halogens is 1. The summed E-state index contributed by atoms with van der Waals surface area (Å²) in [6.07, 6.45) is 0. The van der Waals surface area contributed by atoms with E-state index in [9.17, 15) is 19.2 Å². The van der Waals surface area contributed by atoms with Crippen LogP contribution in [0.5, 0.6) is 0 Å². The first kappa shape index (κ1) is 23.1. The third-order valence-electron chi connectivity index (χ3n) is 6.06. The predicted molar refractivity (Wildman–Crippen MR) is 136 cm³/mol. The largest absolute Gasteiger partial charge is 0.335 e. The molecule has 0 unspecified atom stereocenters. The lowest BCUT2D eigenvalue weighted by molar-refractivity contribution is 0.0538. The Balaban J connectivity index is 1.33. The molecule has 4 aromatic rings. The minimum atomic E-state index is -0.534. The molecule has 35 heavy (non-hydrogen) atoms. The molecule has 8 nitrogen and oxygen atoms in total. The Morgan fingerprint density at radius 2 is 1.66 bits per heavy atom. The number of piperazine rings is 1. The highest BCUT2D eigenvalue weighted by Gasteiger charge is 2.26. The van der Waals surface area contributed by atoms with Gasteiger partial charge in [0.2, 0.25) is 0 Å². The molecule has 1 fully saturated rings. The summed E-state index contributed by atoms with van der Waals surface area (Å²) in [6, 6.07) is 15.5. The van der Waals surface area contributed by atoms with E-state index in [1.807, 2.05) is 23.6 Å². The third kappa shape index (κ3) is 4.65. The van der Waals surface area contributed by atoms with E-state index in [1.165, 1.54) is 22.0 Å². The van der Waals surface area contributed by atoms with E-state index in [2.05, 4.69) is 4.98 Å². The van der Waals surface area contributed by atoms with E-state index in [0.29, 0.717) is 52.5 Å². The van der Waals surface area contributed by atoms with Crippen LogP contribution in [0.4, 0.5) is 0 Å². The van der Waals surface area contributed by atoms with Gasteiger partial charge in [0, 0.05) is 36.8 Å². The van der Waals surface area contributed by atoms with Crippen molar-refractivity contribution in [3.05, 3.63) is 102 Å². The Kier molecular flexibility index (Phi) is 6.27. The van der Waals surface area contributed by atoms with Crippen LogP contribution in [0, 0.1) is 0 Å². The topological polar surface area (TPSA) is 95.5 Å². The van der Waals surface area contributed by atoms with Crippen LogP contribution < -0.4 is 11.2 Å². The molecule has 0 saturated carbocycles. The van der Waals surface area contributed by atoms with Crippen LogP contribution in [-0.4, -0.2) is 57.3 Å². The summed E-state index contributed by atoms with van der Waals surface area (Å²) in [5.41, 5.74) is 0.682. The number of fused-ring (bicyclic) bond motifs is 1. The predicted octanol–water partition coefficient (Wildman–Crippen LogP) is 3.05. The number of H-pyrrole nitrogens is 1. The second-order valence-electron chi connectivity index (χ2n) is 8.27. The second kappa shape index (κ2) is 9.52. The van der Waals surface area contributed by atoms with Gasteiger partial charge in [-0.05, 0) is 47.3 Å². The van der Waals surface area contributed by atoms with Crippen molar-refractivity contribution >= 4 is 45.7 Å². The minimum absolute atomic E-state index is 0.00560. The van der Waals surface area contributed by atoms with Crippen LogP contribution in [-0.2, 0) is 6.54 Å². The summed E-state index contributed by atoms with van der Waals surface area (Å²) in [5, 5.41) is 2.59. The average Bonchev–Trinajstić information content (AvgIpc) is 3.41.